The Morgan fingerprint density at radius 3 is 2.47 bits per heavy atom. The second kappa shape index (κ2) is 5.97. The summed E-state index contributed by atoms with van der Waals surface area (Å²) in [6.07, 6.45) is 1.83. The second-order valence-corrected chi connectivity index (χ2v) is 5.91. The van der Waals surface area contributed by atoms with Crippen LogP contribution in [-0.4, -0.2) is 10.9 Å². The van der Waals surface area contributed by atoms with E-state index in [1.54, 1.807) is 0 Å². The van der Waals surface area contributed by atoms with Gasteiger partial charge in [0.2, 0.25) is 5.91 Å². The zero-order valence-corrected chi connectivity index (χ0v) is 12.2. The Bertz CT molecular complexity index is 548. The van der Waals surface area contributed by atoms with Gasteiger partial charge in [0.1, 0.15) is 0 Å². The summed E-state index contributed by atoms with van der Waals surface area (Å²) in [6, 6.07) is 9.76. The standard InChI is InChI=1S/C15H18N2OS/c1-10(2)13-9-16-15(19-13)17-14(18)11(3)12-7-5-4-6-8-12/h4-11H,1-3H3,(H,16,17,18). The van der Waals surface area contributed by atoms with Crippen LogP contribution in [0.4, 0.5) is 5.13 Å². The van der Waals surface area contributed by atoms with Crippen molar-refractivity contribution in [1.82, 2.24) is 4.98 Å². The van der Waals surface area contributed by atoms with Gasteiger partial charge in [-0.15, -0.1) is 11.3 Å². The lowest BCUT2D eigenvalue weighted by Gasteiger charge is -2.10. The molecule has 19 heavy (non-hydrogen) atoms. The molecule has 1 N–H and O–H groups in total. The van der Waals surface area contributed by atoms with Crippen LogP contribution in [0.25, 0.3) is 0 Å². The van der Waals surface area contributed by atoms with Crippen molar-refractivity contribution in [3.8, 4) is 0 Å². The van der Waals surface area contributed by atoms with Crippen LogP contribution in [0.5, 0.6) is 0 Å². The summed E-state index contributed by atoms with van der Waals surface area (Å²) in [5, 5.41) is 3.56. The maximum Gasteiger partial charge on any atom is 0.233 e. The van der Waals surface area contributed by atoms with Crippen LogP contribution in [0, 0.1) is 0 Å². The number of nitrogens with zero attached hydrogens (tertiary/aromatic N) is 1. The molecule has 1 atom stereocenters. The van der Waals surface area contributed by atoms with Crippen molar-refractivity contribution in [2.45, 2.75) is 32.6 Å². The molecular formula is C15H18N2OS. The number of rotatable bonds is 4. The molecule has 0 fully saturated rings. The molecular weight excluding hydrogens is 256 g/mol. The summed E-state index contributed by atoms with van der Waals surface area (Å²) in [7, 11) is 0. The molecule has 0 radical (unpaired) electrons. The maximum atomic E-state index is 12.1. The monoisotopic (exact) mass is 274 g/mol. The minimum absolute atomic E-state index is 0.0177. The first-order chi connectivity index (χ1) is 9.08. The van der Waals surface area contributed by atoms with Crippen molar-refractivity contribution in [2.24, 2.45) is 0 Å². The van der Waals surface area contributed by atoms with E-state index in [0.29, 0.717) is 11.0 Å². The van der Waals surface area contributed by atoms with Crippen molar-refractivity contribution >= 4 is 22.4 Å². The Labute approximate surface area is 117 Å². The van der Waals surface area contributed by atoms with E-state index in [9.17, 15) is 4.79 Å². The average molecular weight is 274 g/mol. The maximum absolute atomic E-state index is 12.1. The van der Waals surface area contributed by atoms with E-state index in [-0.39, 0.29) is 11.8 Å². The Morgan fingerprint density at radius 2 is 1.89 bits per heavy atom. The van der Waals surface area contributed by atoms with Gasteiger partial charge in [-0.05, 0) is 18.4 Å². The minimum atomic E-state index is -0.174. The lowest BCUT2D eigenvalue weighted by atomic mass is 10.0. The van der Waals surface area contributed by atoms with Gasteiger partial charge >= 0.3 is 0 Å². The second-order valence-electron chi connectivity index (χ2n) is 4.84. The summed E-state index contributed by atoms with van der Waals surface area (Å²) < 4.78 is 0. The highest BCUT2D eigenvalue weighted by Crippen LogP contribution is 2.26. The van der Waals surface area contributed by atoms with Crippen molar-refractivity contribution in [3.05, 3.63) is 47.0 Å². The van der Waals surface area contributed by atoms with Gasteiger partial charge < -0.3 is 5.32 Å². The molecule has 0 saturated carbocycles. The number of amides is 1. The molecule has 0 saturated heterocycles. The van der Waals surface area contributed by atoms with Crippen LogP contribution in [0.1, 0.15) is 43.0 Å². The summed E-state index contributed by atoms with van der Waals surface area (Å²) >= 11 is 1.54. The number of aromatic nitrogens is 1. The minimum Gasteiger partial charge on any atom is -0.301 e. The summed E-state index contributed by atoms with van der Waals surface area (Å²) in [5.41, 5.74) is 1.01. The van der Waals surface area contributed by atoms with E-state index in [1.807, 2.05) is 43.5 Å². The van der Waals surface area contributed by atoms with Crippen molar-refractivity contribution in [2.75, 3.05) is 5.32 Å². The van der Waals surface area contributed by atoms with E-state index in [1.165, 1.54) is 16.2 Å². The van der Waals surface area contributed by atoms with E-state index >= 15 is 0 Å². The van der Waals surface area contributed by atoms with Crippen LogP contribution in [0.2, 0.25) is 0 Å². The van der Waals surface area contributed by atoms with E-state index in [4.69, 9.17) is 0 Å². The molecule has 0 aliphatic carbocycles. The number of hydrogen-bond donors (Lipinski definition) is 1. The highest BCUT2D eigenvalue weighted by Gasteiger charge is 2.16. The number of carbonyl (C=O) groups excluding carboxylic acids is 1. The quantitative estimate of drug-likeness (QED) is 0.915. The lowest BCUT2D eigenvalue weighted by molar-refractivity contribution is -0.117. The molecule has 0 aliphatic heterocycles. The SMILES string of the molecule is CC(C)c1cnc(NC(=O)C(C)c2ccccc2)s1. The average Bonchev–Trinajstić information content (AvgIpc) is 2.87. The summed E-state index contributed by atoms with van der Waals surface area (Å²) in [6.45, 7) is 6.14. The molecule has 1 unspecified atom stereocenters. The number of anilines is 1. The van der Waals surface area contributed by atoms with Crippen LogP contribution in [0.3, 0.4) is 0 Å². The fraction of sp³-hybridized carbons (Fsp3) is 0.333. The molecule has 0 spiro atoms. The number of nitrogens with one attached hydrogen (secondary N) is 1. The van der Waals surface area contributed by atoms with Crippen LogP contribution in [-0.2, 0) is 4.79 Å². The van der Waals surface area contributed by atoms with E-state index in [2.05, 4.69) is 24.1 Å². The first-order valence-electron chi connectivity index (χ1n) is 6.39. The van der Waals surface area contributed by atoms with Gasteiger partial charge in [0.25, 0.3) is 0 Å². The first-order valence-corrected chi connectivity index (χ1v) is 7.21. The number of hydrogen-bond acceptors (Lipinski definition) is 3. The molecule has 1 heterocycles. The Balaban J connectivity index is 2.04. The largest absolute Gasteiger partial charge is 0.301 e. The fourth-order valence-electron chi connectivity index (χ4n) is 1.72. The van der Waals surface area contributed by atoms with Gasteiger partial charge in [-0.25, -0.2) is 4.98 Å². The Hall–Kier alpha value is -1.68. The highest BCUT2D eigenvalue weighted by atomic mass is 32.1. The van der Waals surface area contributed by atoms with Crippen LogP contribution < -0.4 is 5.32 Å². The molecule has 4 heteroatoms. The molecule has 0 bridgehead atoms. The molecule has 0 aliphatic rings. The third-order valence-corrected chi connectivity index (χ3v) is 4.23. The van der Waals surface area contributed by atoms with Gasteiger partial charge in [-0.2, -0.15) is 0 Å². The predicted molar refractivity (Wildman–Crippen MR) is 79.7 cm³/mol. The van der Waals surface area contributed by atoms with Gasteiger partial charge in [-0.3, -0.25) is 4.79 Å². The summed E-state index contributed by atoms with van der Waals surface area (Å²) in [4.78, 5) is 17.6. The molecule has 1 aromatic heterocycles. The van der Waals surface area contributed by atoms with Crippen LogP contribution in [0.15, 0.2) is 36.5 Å². The zero-order chi connectivity index (χ0) is 13.8. The first kappa shape index (κ1) is 13.7. The smallest absolute Gasteiger partial charge is 0.233 e. The van der Waals surface area contributed by atoms with E-state index < -0.39 is 0 Å². The fourth-order valence-corrected chi connectivity index (χ4v) is 2.54. The van der Waals surface area contributed by atoms with Crippen LogP contribution >= 0.6 is 11.3 Å². The van der Waals surface area contributed by atoms with Gasteiger partial charge in [0.05, 0.1) is 5.92 Å². The lowest BCUT2D eigenvalue weighted by Crippen LogP contribution is -2.18. The topological polar surface area (TPSA) is 42.0 Å². The predicted octanol–water partition coefficient (Wildman–Crippen LogP) is 4.01. The van der Waals surface area contributed by atoms with Crippen molar-refractivity contribution < 1.29 is 4.79 Å². The van der Waals surface area contributed by atoms with Gasteiger partial charge in [0.15, 0.2) is 5.13 Å². The zero-order valence-electron chi connectivity index (χ0n) is 11.4. The molecule has 2 rings (SSSR count). The number of thiazole rings is 1. The third kappa shape index (κ3) is 3.41. The highest BCUT2D eigenvalue weighted by molar-refractivity contribution is 7.15. The Kier molecular flexibility index (Phi) is 4.32. The summed E-state index contributed by atoms with van der Waals surface area (Å²) in [5.74, 6) is 0.248. The van der Waals surface area contributed by atoms with E-state index in [0.717, 1.165) is 5.56 Å². The third-order valence-electron chi connectivity index (χ3n) is 3.02. The van der Waals surface area contributed by atoms with Gasteiger partial charge in [0, 0.05) is 11.1 Å². The normalized spacial score (nSPS) is 12.4. The molecule has 100 valence electrons. The molecule has 1 aromatic carbocycles. The number of carbonyl (C=O) groups is 1. The molecule has 1 amide bonds. The number of benzene rings is 1. The Morgan fingerprint density at radius 1 is 1.21 bits per heavy atom. The van der Waals surface area contributed by atoms with Gasteiger partial charge in [-0.1, -0.05) is 44.2 Å². The molecule has 2 aromatic rings. The molecule has 3 nitrogen and oxygen atoms in total. The van der Waals surface area contributed by atoms with Crippen molar-refractivity contribution in [3.63, 3.8) is 0 Å². The van der Waals surface area contributed by atoms with Crippen molar-refractivity contribution in [1.29, 1.82) is 0 Å².